The van der Waals surface area contributed by atoms with Gasteiger partial charge in [0.2, 0.25) is 0 Å². The maximum atomic E-state index is 12.9. The number of aromatic nitrogens is 1. The van der Waals surface area contributed by atoms with Crippen LogP contribution in [0.5, 0.6) is 0 Å². The minimum Gasteiger partial charge on any atom is -0.366 e. The van der Waals surface area contributed by atoms with Gasteiger partial charge in [0, 0.05) is 23.4 Å². The lowest BCUT2D eigenvalue weighted by atomic mass is 9.86. The molecule has 0 fully saturated rings. The van der Waals surface area contributed by atoms with Crippen molar-refractivity contribution in [1.82, 2.24) is 4.98 Å². The summed E-state index contributed by atoms with van der Waals surface area (Å²) in [7, 11) is 0. The maximum Gasteiger partial charge on any atom is 0.200 e. The lowest BCUT2D eigenvalue weighted by molar-refractivity contribution is 0.0857. The number of hydrogen-bond acceptors (Lipinski definition) is 2. The van der Waals surface area contributed by atoms with Crippen molar-refractivity contribution in [2.75, 3.05) is 0 Å². The van der Waals surface area contributed by atoms with E-state index in [1.54, 1.807) is 20.8 Å². The van der Waals surface area contributed by atoms with Crippen LogP contribution < -0.4 is 5.43 Å². The SMILES string of the molecule is CC(C)(C)C(=O)c1c[nH]cc(-c2ccc(F)cc2)c1=O. The van der Waals surface area contributed by atoms with Crippen molar-refractivity contribution in [3.63, 3.8) is 0 Å². The topological polar surface area (TPSA) is 49.9 Å². The Bertz CT molecular complexity index is 694. The molecule has 0 atom stereocenters. The van der Waals surface area contributed by atoms with Crippen LogP contribution in [-0.4, -0.2) is 10.8 Å². The van der Waals surface area contributed by atoms with Crippen molar-refractivity contribution < 1.29 is 9.18 Å². The Hall–Kier alpha value is -2.23. The van der Waals surface area contributed by atoms with Crippen molar-refractivity contribution in [2.45, 2.75) is 20.8 Å². The van der Waals surface area contributed by atoms with E-state index in [1.807, 2.05) is 0 Å². The fraction of sp³-hybridized carbons (Fsp3) is 0.250. The number of H-pyrrole nitrogens is 1. The molecule has 1 aromatic carbocycles. The first-order chi connectivity index (χ1) is 9.30. The summed E-state index contributed by atoms with van der Waals surface area (Å²) in [5.41, 5.74) is 0.0972. The standard InChI is InChI=1S/C16H16FNO2/c1-16(2,3)15(20)13-9-18-8-12(14(13)19)10-4-6-11(17)7-5-10/h4-9H,1-3H3,(H,18,19). The first kappa shape index (κ1) is 14.2. The zero-order valence-corrected chi connectivity index (χ0v) is 11.7. The molecule has 3 nitrogen and oxygen atoms in total. The van der Waals surface area contributed by atoms with E-state index in [4.69, 9.17) is 0 Å². The minimum absolute atomic E-state index is 0.124. The van der Waals surface area contributed by atoms with Crippen molar-refractivity contribution >= 4 is 5.78 Å². The Morgan fingerprint density at radius 3 is 2.25 bits per heavy atom. The number of carbonyl (C=O) groups excluding carboxylic acids is 1. The predicted octanol–water partition coefficient (Wildman–Crippen LogP) is 3.41. The highest BCUT2D eigenvalue weighted by Gasteiger charge is 2.26. The second-order valence-corrected chi connectivity index (χ2v) is 5.70. The summed E-state index contributed by atoms with van der Waals surface area (Å²) in [6, 6.07) is 5.61. The summed E-state index contributed by atoms with van der Waals surface area (Å²) in [6.45, 7) is 5.29. The number of aromatic amines is 1. The Morgan fingerprint density at radius 2 is 1.70 bits per heavy atom. The van der Waals surface area contributed by atoms with Crippen LogP contribution in [0.3, 0.4) is 0 Å². The molecular formula is C16H16FNO2. The van der Waals surface area contributed by atoms with Crippen molar-refractivity contribution in [1.29, 1.82) is 0 Å². The van der Waals surface area contributed by atoms with E-state index >= 15 is 0 Å². The normalized spacial score (nSPS) is 11.4. The van der Waals surface area contributed by atoms with Crippen LogP contribution in [0.1, 0.15) is 31.1 Å². The number of nitrogens with one attached hydrogen (secondary N) is 1. The van der Waals surface area contributed by atoms with Crippen LogP contribution in [0.25, 0.3) is 11.1 Å². The second-order valence-electron chi connectivity index (χ2n) is 5.70. The largest absolute Gasteiger partial charge is 0.366 e. The van der Waals surface area contributed by atoms with E-state index in [2.05, 4.69) is 4.98 Å². The van der Waals surface area contributed by atoms with Crippen molar-refractivity contribution in [3.8, 4) is 11.1 Å². The Balaban J connectivity index is 2.56. The van der Waals surface area contributed by atoms with Gasteiger partial charge in [-0.3, -0.25) is 9.59 Å². The highest BCUT2D eigenvalue weighted by atomic mass is 19.1. The third-order valence-electron chi connectivity index (χ3n) is 3.03. The van der Waals surface area contributed by atoms with Crippen molar-refractivity contribution in [2.24, 2.45) is 5.41 Å². The van der Waals surface area contributed by atoms with Crippen LogP contribution in [0.4, 0.5) is 4.39 Å². The molecule has 0 saturated carbocycles. The smallest absolute Gasteiger partial charge is 0.200 e. The zero-order valence-electron chi connectivity index (χ0n) is 11.7. The van der Waals surface area contributed by atoms with Gasteiger partial charge in [0.15, 0.2) is 11.2 Å². The highest BCUT2D eigenvalue weighted by molar-refractivity contribution is 6.00. The van der Waals surface area contributed by atoms with E-state index in [-0.39, 0.29) is 22.6 Å². The molecule has 2 rings (SSSR count). The molecule has 0 saturated heterocycles. The number of pyridine rings is 1. The van der Waals surface area contributed by atoms with E-state index in [1.165, 1.54) is 36.7 Å². The van der Waals surface area contributed by atoms with Gasteiger partial charge >= 0.3 is 0 Å². The van der Waals surface area contributed by atoms with Crippen LogP contribution in [0.15, 0.2) is 41.5 Å². The molecule has 104 valence electrons. The summed E-state index contributed by atoms with van der Waals surface area (Å²) in [4.78, 5) is 27.5. The third kappa shape index (κ3) is 2.69. The quantitative estimate of drug-likeness (QED) is 0.852. The monoisotopic (exact) mass is 273 g/mol. The number of halogens is 1. The molecule has 1 heterocycles. The summed E-state index contributed by atoms with van der Waals surface area (Å²) in [6.07, 6.45) is 2.94. The van der Waals surface area contributed by atoms with Crippen LogP contribution >= 0.6 is 0 Å². The van der Waals surface area contributed by atoms with Gasteiger partial charge in [0.05, 0.1) is 5.56 Å². The molecule has 0 unspecified atom stereocenters. The number of Topliss-reactive ketones (excluding diaryl/α,β-unsaturated/α-hetero) is 1. The predicted molar refractivity (Wildman–Crippen MR) is 76.2 cm³/mol. The lowest BCUT2D eigenvalue weighted by Crippen LogP contribution is -2.27. The number of carbonyl (C=O) groups is 1. The van der Waals surface area contributed by atoms with Crippen LogP contribution in [-0.2, 0) is 0 Å². The number of benzene rings is 1. The minimum atomic E-state index is -0.631. The molecule has 20 heavy (non-hydrogen) atoms. The first-order valence-corrected chi connectivity index (χ1v) is 6.32. The second kappa shape index (κ2) is 5.04. The number of rotatable bonds is 2. The maximum absolute atomic E-state index is 12.9. The van der Waals surface area contributed by atoms with Gasteiger partial charge in [0.25, 0.3) is 0 Å². The molecule has 0 amide bonds. The average Bonchev–Trinajstić information content (AvgIpc) is 2.38. The zero-order chi connectivity index (χ0) is 14.9. The fourth-order valence-electron chi connectivity index (χ4n) is 1.90. The molecular weight excluding hydrogens is 257 g/mol. The molecule has 0 aliphatic rings. The summed E-state index contributed by atoms with van der Waals surface area (Å²) in [5, 5.41) is 0. The molecule has 1 N–H and O–H groups in total. The van der Waals surface area contributed by atoms with Gasteiger partial charge in [0.1, 0.15) is 5.82 Å². The van der Waals surface area contributed by atoms with E-state index < -0.39 is 5.41 Å². The molecule has 4 heteroatoms. The molecule has 0 aliphatic heterocycles. The van der Waals surface area contributed by atoms with E-state index in [9.17, 15) is 14.0 Å². The van der Waals surface area contributed by atoms with Gasteiger partial charge in [-0.1, -0.05) is 32.9 Å². The number of ketones is 1. The van der Waals surface area contributed by atoms with E-state index in [0.29, 0.717) is 11.1 Å². The molecule has 0 aliphatic carbocycles. The van der Waals surface area contributed by atoms with E-state index in [0.717, 1.165) is 0 Å². The van der Waals surface area contributed by atoms with Crippen LogP contribution in [0.2, 0.25) is 0 Å². The lowest BCUT2D eigenvalue weighted by Gasteiger charge is -2.16. The van der Waals surface area contributed by atoms with Crippen molar-refractivity contribution in [3.05, 3.63) is 58.3 Å². The van der Waals surface area contributed by atoms with Gasteiger partial charge < -0.3 is 4.98 Å². The van der Waals surface area contributed by atoms with Gasteiger partial charge in [-0.05, 0) is 17.7 Å². The highest BCUT2D eigenvalue weighted by Crippen LogP contribution is 2.21. The van der Waals surface area contributed by atoms with Gasteiger partial charge in [-0.15, -0.1) is 0 Å². The van der Waals surface area contributed by atoms with Gasteiger partial charge in [-0.2, -0.15) is 0 Å². The molecule has 0 spiro atoms. The Morgan fingerprint density at radius 1 is 1.10 bits per heavy atom. The summed E-state index contributed by atoms with van der Waals surface area (Å²) in [5.74, 6) is -0.588. The Labute approximate surface area is 116 Å². The molecule has 0 radical (unpaired) electrons. The molecule has 0 bridgehead atoms. The first-order valence-electron chi connectivity index (χ1n) is 6.32. The molecule has 1 aromatic heterocycles. The summed E-state index contributed by atoms with van der Waals surface area (Å²) < 4.78 is 12.9. The Kier molecular flexibility index (Phi) is 3.57. The average molecular weight is 273 g/mol. The number of hydrogen-bond donors (Lipinski definition) is 1. The fourth-order valence-corrected chi connectivity index (χ4v) is 1.90. The van der Waals surface area contributed by atoms with Crippen LogP contribution in [0, 0.1) is 11.2 Å². The summed E-state index contributed by atoms with van der Waals surface area (Å²) >= 11 is 0. The molecule has 2 aromatic rings. The third-order valence-corrected chi connectivity index (χ3v) is 3.03. The van der Waals surface area contributed by atoms with Gasteiger partial charge in [-0.25, -0.2) is 4.39 Å².